The van der Waals surface area contributed by atoms with Crippen LogP contribution in [0.5, 0.6) is 5.75 Å². The molecule has 0 saturated carbocycles. The maximum atomic E-state index is 13.4. The molecule has 0 spiro atoms. The first-order valence-corrected chi connectivity index (χ1v) is 11.1. The van der Waals surface area contributed by atoms with Crippen molar-refractivity contribution in [1.29, 1.82) is 0 Å². The molecule has 2 amide bonds. The summed E-state index contributed by atoms with van der Waals surface area (Å²) in [6.45, 7) is 10.8. The van der Waals surface area contributed by atoms with Gasteiger partial charge in [0.15, 0.2) is 0 Å². The molecule has 0 bridgehead atoms. The second-order valence-corrected chi connectivity index (χ2v) is 7.59. The minimum absolute atomic E-state index is 0.272. The minimum Gasteiger partial charge on any atom is -0.494 e. The number of nitrogens with one attached hydrogen (secondary N) is 1. The van der Waals surface area contributed by atoms with Crippen LogP contribution in [0.15, 0.2) is 53.5 Å². The number of nitrogens with zero attached hydrogens (tertiary/aromatic N) is 2. The van der Waals surface area contributed by atoms with E-state index in [2.05, 4.69) is 18.8 Å². The molecule has 164 valence electrons. The molecule has 2 aromatic carbocycles. The Morgan fingerprint density at radius 2 is 1.74 bits per heavy atom. The van der Waals surface area contributed by atoms with E-state index in [1.165, 1.54) is 4.90 Å². The van der Waals surface area contributed by atoms with Crippen molar-refractivity contribution in [2.75, 3.05) is 37.7 Å². The largest absolute Gasteiger partial charge is 0.494 e. The molecule has 1 aliphatic heterocycles. The van der Waals surface area contributed by atoms with E-state index in [9.17, 15) is 9.59 Å². The number of carbonyl (C=O) groups excluding carboxylic acids is 2. The van der Waals surface area contributed by atoms with Crippen molar-refractivity contribution in [2.24, 2.45) is 4.99 Å². The van der Waals surface area contributed by atoms with E-state index in [1.807, 2.05) is 25.1 Å². The van der Waals surface area contributed by atoms with Gasteiger partial charge in [0.1, 0.15) is 5.75 Å². The topological polar surface area (TPSA) is 63.4 Å². The van der Waals surface area contributed by atoms with Gasteiger partial charge >= 0.3 is 0 Å². The fourth-order valence-electron chi connectivity index (χ4n) is 3.91. The number of aliphatic imine (C=N–C) groups is 1. The van der Waals surface area contributed by atoms with Crippen LogP contribution in [0, 0.1) is 0 Å². The van der Waals surface area contributed by atoms with Crippen LogP contribution in [0.25, 0.3) is 0 Å². The molecule has 0 radical (unpaired) electrons. The van der Waals surface area contributed by atoms with E-state index < -0.39 is 5.92 Å². The molecule has 1 unspecified atom stereocenters. The Labute approximate surface area is 184 Å². The Hall–Kier alpha value is -2.99. The summed E-state index contributed by atoms with van der Waals surface area (Å²) in [5, 5.41) is 0. The third-order valence-electron chi connectivity index (χ3n) is 5.69. The van der Waals surface area contributed by atoms with Crippen molar-refractivity contribution in [2.45, 2.75) is 33.1 Å². The van der Waals surface area contributed by atoms with Gasteiger partial charge in [-0.05, 0) is 56.7 Å². The fraction of sp³-hybridized carbons (Fsp3) is 0.400. The number of fused-ring (bicyclic) bond motifs is 1. The molecule has 0 fully saturated rings. The van der Waals surface area contributed by atoms with Crippen molar-refractivity contribution in [3.63, 3.8) is 0 Å². The minimum atomic E-state index is -0.568. The van der Waals surface area contributed by atoms with Crippen LogP contribution in [0.2, 0.25) is 0 Å². The monoisotopic (exact) mass is 422 g/mol. The first kappa shape index (κ1) is 22.7. The molecule has 3 rings (SSSR count). The predicted molar refractivity (Wildman–Crippen MR) is 123 cm³/mol. The summed E-state index contributed by atoms with van der Waals surface area (Å²) >= 11 is 0. The Kier molecular flexibility index (Phi) is 7.95. The first-order chi connectivity index (χ1) is 15.1. The van der Waals surface area contributed by atoms with Gasteiger partial charge in [0.05, 0.1) is 37.8 Å². The number of carbonyl (C=O) groups is 2. The lowest BCUT2D eigenvalue weighted by molar-refractivity contribution is -0.896. The number of rotatable bonds is 10. The van der Waals surface area contributed by atoms with Gasteiger partial charge in [-0.15, -0.1) is 0 Å². The van der Waals surface area contributed by atoms with Crippen LogP contribution in [0.1, 0.15) is 49.0 Å². The first-order valence-electron chi connectivity index (χ1n) is 11.1. The summed E-state index contributed by atoms with van der Waals surface area (Å²) < 4.78 is 5.48. The van der Waals surface area contributed by atoms with E-state index in [0.29, 0.717) is 30.2 Å². The summed E-state index contributed by atoms with van der Waals surface area (Å²) in [4.78, 5) is 33.8. The smallest absolute Gasteiger partial charge is 0.265 e. The Morgan fingerprint density at radius 1 is 1.03 bits per heavy atom. The second-order valence-electron chi connectivity index (χ2n) is 7.59. The number of quaternary nitrogens is 1. The molecule has 1 atom stereocenters. The van der Waals surface area contributed by atoms with Gasteiger partial charge in [0, 0.05) is 24.7 Å². The molecule has 0 aromatic heterocycles. The van der Waals surface area contributed by atoms with Gasteiger partial charge in [-0.25, -0.2) is 4.90 Å². The molecule has 1 heterocycles. The summed E-state index contributed by atoms with van der Waals surface area (Å²) in [5.74, 6) is -0.441. The SMILES string of the molecule is CCOc1ccc(N2C(=O)c3ccccc3C(C=NCCC[NH+](CC)CC)C2=O)cc1. The molecule has 31 heavy (non-hydrogen) atoms. The molecule has 6 nitrogen and oxygen atoms in total. The molecule has 1 N–H and O–H groups in total. The van der Waals surface area contributed by atoms with E-state index >= 15 is 0 Å². The maximum absolute atomic E-state index is 13.4. The van der Waals surface area contributed by atoms with Crippen molar-refractivity contribution in [3.05, 3.63) is 59.7 Å². The standard InChI is InChI=1S/C25H31N3O3/c1-4-27(5-2)17-9-16-26-18-23-21-10-7-8-11-22(21)24(29)28(25(23)30)19-12-14-20(15-13-19)31-6-3/h7-8,10-15,18,23H,4-6,9,16-17H2,1-3H3/p+1. The highest BCUT2D eigenvalue weighted by molar-refractivity contribution is 6.29. The summed E-state index contributed by atoms with van der Waals surface area (Å²) in [6.07, 6.45) is 2.68. The van der Waals surface area contributed by atoms with Gasteiger partial charge in [-0.3, -0.25) is 14.6 Å². The van der Waals surface area contributed by atoms with Crippen molar-refractivity contribution in [1.82, 2.24) is 0 Å². The van der Waals surface area contributed by atoms with Crippen molar-refractivity contribution < 1.29 is 19.2 Å². The van der Waals surface area contributed by atoms with Crippen LogP contribution in [-0.2, 0) is 4.79 Å². The third-order valence-corrected chi connectivity index (χ3v) is 5.69. The van der Waals surface area contributed by atoms with Gasteiger partial charge in [-0.2, -0.15) is 0 Å². The number of hydrogen-bond donors (Lipinski definition) is 1. The van der Waals surface area contributed by atoms with Gasteiger partial charge < -0.3 is 9.64 Å². The Morgan fingerprint density at radius 3 is 2.42 bits per heavy atom. The van der Waals surface area contributed by atoms with E-state index in [-0.39, 0.29) is 11.8 Å². The van der Waals surface area contributed by atoms with E-state index in [0.717, 1.165) is 31.6 Å². The summed E-state index contributed by atoms with van der Waals surface area (Å²) in [6, 6.07) is 14.3. The predicted octanol–water partition coefficient (Wildman–Crippen LogP) is 2.74. The van der Waals surface area contributed by atoms with Crippen LogP contribution in [0.4, 0.5) is 5.69 Å². The van der Waals surface area contributed by atoms with Crippen LogP contribution in [-0.4, -0.2) is 50.8 Å². The quantitative estimate of drug-likeness (QED) is 0.364. The average molecular weight is 423 g/mol. The van der Waals surface area contributed by atoms with Gasteiger partial charge in [0.25, 0.3) is 5.91 Å². The number of imide groups is 1. The molecule has 1 aliphatic rings. The summed E-state index contributed by atoms with van der Waals surface area (Å²) in [7, 11) is 0. The van der Waals surface area contributed by atoms with E-state index in [1.54, 1.807) is 41.4 Å². The van der Waals surface area contributed by atoms with Crippen LogP contribution < -0.4 is 14.5 Å². The second kappa shape index (κ2) is 10.9. The number of ether oxygens (including phenoxy) is 1. The molecular formula is C25H32N3O3+. The molecule has 2 aromatic rings. The van der Waals surface area contributed by atoms with Crippen molar-refractivity contribution in [3.8, 4) is 5.75 Å². The number of hydrogen-bond acceptors (Lipinski definition) is 4. The Bertz CT molecular complexity index is 920. The molecular weight excluding hydrogens is 390 g/mol. The highest BCUT2D eigenvalue weighted by Crippen LogP contribution is 2.32. The van der Waals surface area contributed by atoms with Crippen molar-refractivity contribution >= 4 is 23.7 Å². The average Bonchev–Trinajstić information content (AvgIpc) is 2.79. The number of benzene rings is 2. The van der Waals surface area contributed by atoms with Crippen LogP contribution >= 0.6 is 0 Å². The van der Waals surface area contributed by atoms with Gasteiger partial charge in [0.2, 0.25) is 5.91 Å². The molecule has 6 heteroatoms. The van der Waals surface area contributed by atoms with Gasteiger partial charge in [-0.1, -0.05) is 18.2 Å². The zero-order valence-corrected chi connectivity index (χ0v) is 18.6. The lowest BCUT2D eigenvalue weighted by Gasteiger charge is -2.31. The molecule has 0 saturated heterocycles. The number of anilines is 1. The zero-order chi connectivity index (χ0) is 22.2. The number of amides is 2. The highest BCUT2D eigenvalue weighted by atomic mass is 16.5. The maximum Gasteiger partial charge on any atom is 0.265 e. The van der Waals surface area contributed by atoms with E-state index in [4.69, 9.17) is 4.74 Å². The lowest BCUT2D eigenvalue weighted by atomic mass is 9.89. The fourth-order valence-corrected chi connectivity index (χ4v) is 3.91. The normalized spacial score (nSPS) is 16.3. The zero-order valence-electron chi connectivity index (χ0n) is 18.6. The third kappa shape index (κ3) is 5.20. The lowest BCUT2D eigenvalue weighted by Crippen LogP contribution is -3.11. The summed E-state index contributed by atoms with van der Waals surface area (Å²) in [5.41, 5.74) is 1.80. The van der Waals surface area contributed by atoms with Crippen LogP contribution in [0.3, 0.4) is 0 Å². The highest BCUT2D eigenvalue weighted by Gasteiger charge is 2.38. The molecule has 0 aliphatic carbocycles. The Balaban J connectivity index is 1.82.